The molecule has 0 aromatic heterocycles. The van der Waals surface area contributed by atoms with Gasteiger partial charge in [0.25, 0.3) is 0 Å². The molecule has 0 radical (unpaired) electrons. The smallest absolute Gasteiger partial charge is 0.250 e. The third kappa shape index (κ3) is 5.11. The van der Waals surface area contributed by atoms with Gasteiger partial charge in [-0.15, -0.1) is 0 Å². The highest BCUT2D eigenvalue weighted by atomic mass is 16.5. The lowest BCUT2D eigenvalue weighted by molar-refractivity contribution is -0.125. The van der Waals surface area contributed by atoms with Gasteiger partial charge in [0.1, 0.15) is 11.3 Å². The van der Waals surface area contributed by atoms with Crippen molar-refractivity contribution in [3.8, 4) is 5.75 Å². The zero-order chi connectivity index (χ0) is 24.7. The van der Waals surface area contributed by atoms with Crippen molar-refractivity contribution in [2.45, 2.75) is 24.5 Å². The van der Waals surface area contributed by atoms with Gasteiger partial charge in [-0.25, -0.2) is 4.99 Å². The van der Waals surface area contributed by atoms with Crippen molar-refractivity contribution in [1.29, 1.82) is 5.53 Å². The summed E-state index contributed by atoms with van der Waals surface area (Å²) in [5.41, 5.74) is 14.2. The van der Waals surface area contributed by atoms with Crippen LogP contribution in [0.25, 0.3) is 0 Å². The summed E-state index contributed by atoms with van der Waals surface area (Å²) in [5.74, 6) is 0.274. The number of nitrogens with one attached hydrogen (secondary N) is 1. The molecule has 4 rings (SSSR count). The predicted molar refractivity (Wildman–Crippen MR) is 129 cm³/mol. The Kier molecular flexibility index (Phi) is 7.30. The number of carbonyl (C=O) groups excluding carboxylic acids is 1. The lowest BCUT2D eigenvalue weighted by Crippen LogP contribution is -2.47. The molecule has 0 saturated carbocycles. The highest BCUT2D eigenvalue weighted by Gasteiger charge is 2.53. The van der Waals surface area contributed by atoms with Crippen LogP contribution in [0.5, 0.6) is 5.75 Å². The first kappa shape index (κ1) is 23.8. The maximum absolute atomic E-state index is 13.1. The topological polar surface area (TPSA) is 144 Å². The third-order valence-electron chi connectivity index (χ3n) is 5.76. The first-order chi connectivity index (χ1) is 17.1. The summed E-state index contributed by atoms with van der Waals surface area (Å²) in [6.07, 6.45) is -0.126. The Labute approximate surface area is 202 Å². The molecular formula is C26H26N5O4+. The van der Waals surface area contributed by atoms with Crippen LogP contribution in [0.3, 0.4) is 0 Å². The molecule has 0 bridgehead atoms. The second-order valence-electron chi connectivity index (χ2n) is 8.07. The standard InChI is InChI=1S/C26H25N5O4/c27-25(33)26(17-18-7-2-1-3-8-18)23(21-9-4-5-10-22(21)30-31-28)35-24(29-26)19-11-13-20(14-12-19)34-16-6-15-32/h1-5,7-14,23,28,32H,6,15-17H2,(H-,27,33)/p+1/t23-,26-/m1/s1. The summed E-state index contributed by atoms with van der Waals surface area (Å²) in [6.45, 7) is 0.459. The number of aliphatic imine (C=N–C) groups is 1. The first-order valence-electron chi connectivity index (χ1n) is 11.2. The second kappa shape index (κ2) is 10.7. The molecule has 9 heteroatoms. The van der Waals surface area contributed by atoms with Crippen LogP contribution in [-0.2, 0) is 16.0 Å². The molecule has 2 atom stereocenters. The molecule has 0 fully saturated rings. The highest BCUT2D eigenvalue weighted by molar-refractivity contribution is 6.01. The van der Waals surface area contributed by atoms with E-state index >= 15 is 0 Å². The Bertz CT molecular complexity index is 1260. The van der Waals surface area contributed by atoms with Crippen LogP contribution in [-0.4, -0.2) is 35.7 Å². The number of nitrogens with zero attached hydrogens (tertiary/aromatic N) is 3. The quantitative estimate of drug-likeness (QED) is 0.235. The van der Waals surface area contributed by atoms with Gasteiger partial charge in [0.05, 0.1) is 6.61 Å². The van der Waals surface area contributed by atoms with Gasteiger partial charge in [0.15, 0.2) is 22.4 Å². The molecule has 1 amide bonds. The van der Waals surface area contributed by atoms with Gasteiger partial charge >= 0.3 is 0 Å². The van der Waals surface area contributed by atoms with Crippen molar-refractivity contribution in [1.82, 2.24) is 4.91 Å². The van der Waals surface area contributed by atoms with Gasteiger partial charge < -0.3 is 20.3 Å². The van der Waals surface area contributed by atoms with Crippen molar-refractivity contribution in [2.75, 3.05) is 13.2 Å². The monoisotopic (exact) mass is 472 g/mol. The summed E-state index contributed by atoms with van der Waals surface area (Å²) < 4.78 is 11.9. The van der Waals surface area contributed by atoms with Crippen molar-refractivity contribution in [3.63, 3.8) is 0 Å². The van der Waals surface area contributed by atoms with E-state index in [9.17, 15) is 4.79 Å². The lowest BCUT2D eigenvalue weighted by atomic mass is 9.82. The molecule has 0 aliphatic carbocycles. The lowest BCUT2D eigenvalue weighted by Gasteiger charge is -2.29. The van der Waals surface area contributed by atoms with Crippen LogP contribution >= 0.6 is 0 Å². The first-order valence-corrected chi connectivity index (χ1v) is 11.2. The fraction of sp³-hybridized carbons (Fsp3) is 0.231. The van der Waals surface area contributed by atoms with Crippen molar-refractivity contribution < 1.29 is 19.4 Å². The molecule has 0 spiro atoms. The number of rotatable bonds is 10. The van der Waals surface area contributed by atoms with E-state index in [2.05, 4.69) is 10.0 Å². The normalized spacial score (nSPS) is 18.8. The Balaban J connectivity index is 1.77. The minimum Gasteiger partial charge on any atom is -0.494 e. The summed E-state index contributed by atoms with van der Waals surface area (Å²) in [7, 11) is 0. The number of ether oxygens (including phenoxy) is 2. The van der Waals surface area contributed by atoms with Gasteiger partial charge in [0, 0.05) is 30.6 Å². The molecule has 9 nitrogen and oxygen atoms in total. The SMILES string of the molecule is N=[N+]=Nc1ccccc1[C@H]1OC(c2ccc(OCCCO)cc2)=N[C@@]1(Cc1ccccc1)C(N)=O. The molecule has 1 aliphatic rings. The maximum atomic E-state index is 13.1. The third-order valence-corrected chi connectivity index (χ3v) is 5.76. The van der Waals surface area contributed by atoms with E-state index in [1.807, 2.05) is 30.3 Å². The van der Waals surface area contributed by atoms with Crippen LogP contribution in [0.15, 0.2) is 89.0 Å². The highest BCUT2D eigenvalue weighted by Crippen LogP contribution is 2.44. The minimum atomic E-state index is -1.44. The molecule has 178 valence electrons. The second-order valence-corrected chi connectivity index (χ2v) is 8.07. The Hall–Kier alpha value is -4.33. The molecule has 1 heterocycles. The number of aliphatic hydroxyl groups is 1. The van der Waals surface area contributed by atoms with Crippen LogP contribution in [0, 0.1) is 5.53 Å². The van der Waals surface area contributed by atoms with E-state index in [-0.39, 0.29) is 18.9 Å². The summed E-state index contributed by atoms with van der Waals surface area (Å²) in [6, 6.07) is 23.6. The Morgan fingerprint density at radius 3 is 2.51 bits per heavy atom. The van der Waals surface area contributed by atoms with E-state index < -0.39 is 17.6 Å². The van der Waals surface area contributed by atoms with Crippen LogP contribution in [0.1, 0.15) is 29.2 Å². The predicted octanol–water partition coefficient (Wildman–Crippen LogP) is 3.61. The number of aliphatic hydroxyl groups excluding tert-OH is 1. The van der Waals surface area contributed by atoms with Crippen molar-refractivity contribution >= 4 is 17.5 Å². The fourth-order valence-corrected chi connectivity index (χ4v) is 4.04. The fourth-order valence-electron chi connectivity index (χ4n) is 4.04. The molecule has 35 heavy (non-hydrogen) atoms. The number of amides is 1. The zero-order valence-electron chi connectivity index (χ0n) is 19.0. The van der Waals surface area contributed by atoms with Gasteiger partial charge in [-0.1, -0.05) is 48.5 Å². The Morgan fingerprint density at radius 2 is 1.83 bits per heavy atom. The van der Waals surface area contributed by atoms with E-state index in [1.165, 1.54) is 0 Å². The van der Waals surface area contributed by atoms with E-state index in [0.29, 0.717) is 35.6 Å². The largest absolute Gasteiger partial charge is 0.494 e. The van der Waals surface area contributed by atoms with E-state index in [0.717, 1.165) is 5.56 Å². The van der Waals surface area contributed by atoms with Gasteiger partial charge in [-0.3, -0.25) is 4.79 Å². The van der Waals surface area contributed by atoms with Crippen molar-refractivity contribution in [2.24, 2.45) is 15.8 Å². The molecule has 1 aliphatic heterocycles. The average molecular weight is 473 g/mol. The molecule has 3 aromatic rings. The molecule has 0 unspecified atom stereocenters. The van der Waals surface area contributed by atoms with Gasteiger partial charge in [-0.2, -0.15) is 0 Å². The average Bonchev–Trinajstić information content (AvgIpc) is 3.26. The van der Waals surface area contributed by atoms with Gasteiger partial charge in [-0.05, 0) is 35.9 Å². The minimum absolute atomic E-state index is 0.0575. The summed E-state index contributed by atoms with van der Waals surface area (Å²) in [4.78, 5) is 21.0. The number of primary amides is 1. The van der Waals surface area contributed by atoms with E-state index in [4.69, 9.17) is 30.8 Å². The Morgan fingerprint density at radius 1 is 1.11 bits per heavy atom. The van der Waals surface area contributed by atoms with Crippen LogP contribution in [0.2, 0.25) is 0 Å². The van der Waals surface area contributed by atoms with Crippen LogP contribution < -0.4 is 15.4 Å². The summed E-state index contributed by atoms with van der Waals surface area (Å²) in [5, 5.41) is 12.8. The van der Waals surface area contributed by atoms with Gasteiger partial charge in [0.2, 0.25) is 16.7 Å². The number of benzene rings is 3. The molecule has 0 saturated heterocycles. The molecular weight excluding hydrogens is 446 g/mol. The van der Waals surface area contributed by atoms with Crippen LogP contribution in [0.4, 0.5) is 5.69 Å². The number of hydrogen-bond donors (Lipinski definition) is 3. The maximum Gasteiger partial charge on any atom is 0.250 e. The molecule has 3 aromatic carbocycles. The van der Waals surface area contributed by atoms with E-state index in [1.54, 1.807) is 48.5 Å². The number of hydrogen-bond acceptors (Lipinski definition) is 7. The molecule has 4 N–H and O–H groups in total. The zero-order valence-corrected chi connectivity index (χ0v) is 19.0. The number of carbonyl (C=O) groups is 1. The number of nitrogens with two attached hydrogens (primary N) is 1. The van der Waals surface area contributed by atoms with Crippen molar-refractivity contribution in [3.05, 3.63) is 95.6 Å². The summed E-state index contributed by atoms with van der Waals surface area (Å²) >= 11 is 0.